The largest absolute Gasteiger partial charge is 0.369 e. The zero-order chi connectivity index (χ0) is 28.8. The van der Waals surface area contributed by atoms with E-state index in [9.17, 15) is 18.8 Å². The molecule has 0 saturated heterocycles. The zero-order valence-electron chi connectivity index (χ0n) is 23.4. The van der Waals surface area contributed by atoms with Crippen LogP contribution in [0.5, 0.6) is 0 Å². The number of carbonyl (C=O) groups is 3. The first-order valence-electron chi connectivity index (χ1n) is 14.0. The Morgan fingerprint density at radius 2 is 1.60 bits per heavy atom. The molecule has 7 heteroatoms. The highest BCUT2D eigenvalue weighted by molar-refractivity contribution is 6.06. The molecule has 3 unspecified atom stereocenters. The van der Waals surface area contributed by atoms with Crippen LogP contribution in [0.25, 0.3) is 11.1 Å². The van der Waals surface area contributed by atoms with Gasteiger partial charge in [0.1, 0.15) is 11.9 Å². The first-order valence-corrected chi connectivity index (χ1v) is 14.0. The van der Waals surface area contributed by atoms with Crippen molar-refractivity contribution in [3.63, 3.8) is 0 Å². The van der Waals surface area contributed by atoms with Crippen molar-refractivity contribution < 1.29 is 18.8 Å². The molecule has 3 aromatic carbocycles. The van der Waals surface area contributed by atoms with Gasteiger partial charge in [0.2, 0.25) is 11.8 Å². The Morgan fingerprint density at radius 1 is 0.950 bits per heavy atom. The number of amides is 3. The minimum atomic E-state index is -0.981. The van der Waals surface area contributed by atoms with Gasteiger partial charge in [-0.25, -0.2) is 4.39 Å². The fourth-order valence-electron chi connectivity index (χ4n) is 5.59. The molecule has 3 atom stereocenters. The average molecular weight is 544 g/mol. The molecule has 0 aromatic heterocycles. The molecule has 0 saturated carbocycles. The summed E-state index contributed by atoms with van der Waals surface area (Å²) < 4.78 is 13.6. The molecule has 0 spiro atoms. The lowest BCUT2D eigenvalue weighted by Gasteiger charge is -2.30. The molecule has 1 aliphatic heterocycles. The Morgan fingerprint density at radius 3 is 2.25 bits per heavy atom. The summed E-state index contributed by atoms with van der Waals surface area (Å²) in [5.41, 5.74) is 9.66. The lowest BCUT2D eigenvalue weighted by Crippen LogP contribution is -2.47. The third-order valence-electron chi connectivity index (χ3n) is 7.59. The first kappa shape index (κ1) is 29.0. The van der Waals surface area contributed by atoms with Crippen LogP contribution < -0.4 is 16.0 Å². The van der Waals surface area contributed by atoms with E-state index in [-0.39, 0.29) is 30.1 Å². The monoisotopic (exact) mass is 543 g/mol. The van der Waals surface area contributed by atoms with Crippen LogP contribution in [0.3, 0.4) is 0 Å². The highest BCUT2D eigenvalue weighted by Gasteiger charge is 2.39. The molecule has 1 aliphatic rings. The number of halogens is 1. The molecule has 0 fully saturated rings. The second-order valence-electron chi connectivity index (χ2n) is 11.0. The van der Waals surface area contributed by atoms with E-state index >= 15 is 0 Å². The van der Waals surface area contributed by atoms with Crippen molar-refractivity contribution in [2.45, 2.75) is 59.0 Å². The fraction of sp³-hybridized carbons (Fsp3) is 0.364. The maximum atomic E-state index is 14.3. The van der Waals surface area contributed by atoms with Gasteiger partial charge in [0.15, 0.2) is 0 Å². The number of unbranched alkanes of at least 4 members (excludes halogenated alkanes) is 1. The number of para-hydroxylation sites is 1. The van der Waals surface area contributed by atoms with Crippen molar-refractivity contribution in [2.24, 2.45) is 23.5 Å². The number of carbonyl (C=O) groups excluding carboxylic acids is 3. The molecule has 4 rings (SSSR count). The van der Waals surface area contributed by atoms with Gasteiger partial charge in [-0.15, -0.1) is 0 Å². The smallest absolute Gasteiger partial charge is 0.254 e. The first-order chi connectivity index (χ1) is 19.2. The Bertz CT molecular complexity index is 1360. The quantitative estimate of drug-likeness (QED) is 0.304. The highest BCUT2D eigenvalue weighted by atomic mass is 19.1. The Labute approximate surface area is 235 Å². The summed E-state index contributed by atoms with van der Waals surface area (Å²) in [6.07, 6.45) is 2.66. The molecule has 6 nitrogen and oxygen atoms in total. The lowest BCUT2D eigenvalue weighted by atomic mass is 9.81. The van der Waals surface area contributed by atoms with Crippen molar-refractivity contribution in [3.05, 3.63) is 89.7 Å². The van der Waals surface area contributed by atoms with Crippen molar-refractivity contribution >= 4 is 23.4 Å². The summed E-state index contributed by atoms with van der Waals surface area (Å²) in [6, 6.07) is 20.2. The van der Waals surface area contributed by atoms with Crippen LogP contribution >= 0.6 is 0 Å². The standard InChI is InChI=1S/C33H38FN3O3/c1-4-5-10-27(31(35)38)28(19-21(2)3)32(39)36-30-26-13-7-6-11-24(26)25-12-8-9-14-29(25)37(33(30)40)20-22-15-17-23(34)18-16-22/h6-9,11-18,21,27-28,30H,4-5,10,19-20H2,1-3H3,(H2,35,38)(H,36,39). The Kier molecular flexibility index (Phi) is 9.35. The SMILES string of the molecule is CCCCC(C(N)=O)C(CC(C)C)C(=O)NC1C(=O)N(Cc2ccc(F)cc2)c2ccccc2-c2ccccc21. The summed E-state index contributed by atoms with van der Waals surface area (Å²) >= 11 is 0. The fourth-order valence-corrected chi connectivity index (χ4v) is 5.59. The second-order valence-corrected chi connectivity index (χ2v) is 11.0. The van der Waals surface area contributed by atoms with Crippen molar-refractivity contribution in [1.82, 2.24) is 5.32 Å². The van der Waals surface area contributed by atoms with Gasteiger partial charge < -0.3 is 16.0 Å². The molecule has 0 radical (unpaired) electrons. The van der Waals surface area contributed by atoms with Gasteiger partial charge >= 0.3 is 0 Å². The Hall–Kier alpha value is -4.00. The predicted molar refractivity (Wildman–Crippen MR) is 156 cm³/mol. The number of nitrogens with one attached hydrogen (secondary N) is 1. The number of nitrogens with two attached hydrogens (primary N) is 1. The summed E-state index contributed by atoms with van der Waals surface area (Å²) in [5, 5.41) is 3.04. The number of fused-ring (bicyclic) bond motifs is 3. The van der Waals surface area contributed by atoms with Gasteiger partial charge in [-0.2, -0.15) is 0 Å². The normalized spacial score (nSPS) is 16.1. The predicted octanol–water partition coefficient (Wildman–Crippen LogP) is 6.15. The van der Waals surface area contributed by atoms with Gasteiger partial charge in [0, 0.05) is 17.4 Å². The van der Waals surface area contributed by atoms with E-state index in [4.69, 9.17) is 5.73 Å². The number of hydrogen-bond donors (Lipinski definition) is 2. The van der Waals surface area contributed by atoms with Crippen molar-refractivity contribution in [3.8, 4) is 11.1 Å². The van der Waals surface area contributed by atoms with Crippen LogP contribution in [-0.2, 0) is 20.9 Å². The van der Waals surface area contributed by atoms with E-state index in [1.165, 1.54) is 12.1 Å². The maximum absolute atomic E-state index is 14.3. The summed E-state index contributed by atoms with van der Waals surface area (Å²) in [5.74, 6) is -2.63. The van der Waals surface area contributed by atoms with E-state index in [1.807, 2.05) is 69.3 Å². The molecule has 1 heterocycles. The lowest BCUT2D eigenvalue weighted by molar-refractivity contribution is -0.136. The van der Waals surface area contributed by atoms with Gasteiger partial charge in [0.05, 0.1) is 12.2 Å². The van der Waals surface area contributed by atoms with E-state index in [0.717, 1.165) is 29.5 Å². The van der Waals surface area contributed by atoms with Gasteiger partial charge in [-0.3, -0.25) is 14.4 Å². The van der Waals surface area contributed by atoms with Gasteiger partial charge in [-0.05, 0) is 53.6 Å². The number of nitrogens with zero attached hydrogens (tertiary/aromatic N) is 1. The topological polar surface area (TPSA) is 92.5 Å². The number of primary amides is 1. The summed E-state index contributed by atoms with van der Waals surface area (Å²) in [4.78, 5) is 42.5. The van der Waals surface area contributed by atoms with Gasteiger partial charge in [0.25, 0.3) is 5.91 Å². The third-order valence-corrected chi connectivity index (χ3v) is 7.59. The van der Waals surface area contributed by atoms with E-state index in [2.05, 4.69) is 5.32 Å². The minimum Gasteiger partial charge on any atom is -0.369 e. The number of rotatable bonds is 11. The summed E-state index contributed by atoms with van der Waals surface area (Å²) in [7, 11) is 0. The zero-order valence-corrected chi connectivity index (χ0v) is 23.4. The molecule has 0 aliphatic carbocycles. The summed E-state index contributed by atoms with van der Waals surface area (Å²) in [6.45, 7) is 6.24. The van der Waals surface area contributed by atoms with Crippen LogP contribution in [0.2, 0.25) is 0 Å². The van der Waals surface area contributed by atoms with E-state index in [0.29, 0.717) is 24.1 Å². The molecular formula is C33H38FN3O3. The van der Waals surface area contributed by atoms with Crippen LogP contribution in [0.15, 0.2) is 72.8 Å². The number of benzene rings is 3. The Balaban J connectivity index is 1.77. The van der Waals surface area contributed by atoms with Crippen LogP contribution in [0.1, 0.15) is 63.6 Å². The van der Waals surface area contributed by atoms with E-state index < -0.39 is 23.8 Å². The van der Waals surface area contributed by atoms with Crippen molar-refractivity contribution in [1.29, 1.82) is 0 Å². The molecule has 3 N–H and O–H groups in total. The van der Waals surface area contributed by atoms with Crippen LogP contribution in [-0.4, -0.2) is 17.7 Å². The van der Waals surface area contributed by atoms with Crippen molar-refractivity contribution in [2.75, 3.05) is 4.90 Å². The molecule has 3 aromatic rings. The van der Waals surface area contributed by atoms with Crippen LogP contribution in [0, 0.1) is 23.6 Å². The van der Waals surface area contributed by atoms with Crippen LogP contribution in [0.4, 0.5) is 10.1 Å². The average Bonchev–Trinajstić information content (AvgIpc) is 3.03. The molecule has 210 valence electrons. The molecule has 0 bridgehead atoms. The molecular weight excluding hydrogens is 505 g/mol. The van der Waals surface area contributed by atoms with E-state index in [1.54, 1.807) is 17.0 Å². The third kappa shape index (κ3) is 6.41. The minimum absolute atomic E-state index is 0.149. The number of hydrogen-bond acceptors (Lipinski definition) is 3. The molecule has 40 heavy (non-hydrogen) atoms. The molecule has 3 amide bonds. The maximum Gasteiger partial charge on any atom is 0.254 e. The number of anilines is 1. The van der Waals surface area contributed by atoms with Gasteiger partial charge in [-0.1, -0.05) is 88.2 Å². The second kappa shape index (κ2) is 12.9. The highest BCUT2D eigenvalue weighted by Crippen LogP contribution is 2.41.